The summed E-state index contributed by atoms with van der Waals surface area (Å²) in [4.78, 5) is 20.4. The van der Waals surface area contributed by atoms with Gasteiger partial charge in [0.05, 0.1) is 18.4 Å². The quantitative estimate of drug-likeness (QED) is 0.816. The monoisotopic (exact) mass is 305 g/mol. The predicted molar refractivity (Wildman–Crippen MR) is 79.1 cm³/mol. The molecule has 0 saturated carbocycles. The summed E-state index contributed by atoms with van der Waals surface area (Å²) in [6.45, 7) is 3.89. The average Bonchev–Trinajstić information content (AvgIpc) is 3.01. The van der Waals surface area contributed by atoms with Gasteiger partial charge in [0.2, 0.25) is 0 Å². The van der Waals surface area contributed by atoms with Crippen LogP contribution in [0, 0.1) is 0 Å². The van der Waals surface area contributed by atoms with Crippen molar-refractivity contribution in [3.05, 3.63) is 53.2 Å². The number of nitrogens with zero attached hydrogens (tertiary/aromatic N) is 3. The molecule has 0 N–H and O–H groups in total. The van der Waals surface area contributed by atoms with Crippen LogP contribution in [0.4, 0.5) is 0 Å². The molecule has 0 aromatic carbocycles. The van der Waals surface area contributed by atoms with E-state index in [0.717, 1.165) is 25.4 Å². The Balaban J connectivity index is 1.55. The summed E-state index contributed by atoms with van der Waals surface area (Å²) in [6, 6.07) is 7.22. The highest BCUT2D eigenvalue weighted by atomic mass is 35.5. The number of aromatic nitrogens is 1. The standard InChI is InChI=1S/C15H16ClN3O2/c16-14-4-3-12(10-17-14)15(20)19-7-5-18(6-8-19)11-13-2-1-9-21-13/h1-4,9-10H,5-8,11H2. The summed E-state index contributed by atoms with van der Waals surface area (Å²) >= 11 is 5.74. The second-order valence-corrected chi connectivity index (χ2v) is 5.40. The van der Waals surface area contributed by atoms with Crippen molar-refractivity contribution in [2.75, 3.05) is 26.2 Å². The number of amides is 1. The number of carbonyl (C=O) groups excluding carboxylic acids is 1. The maximum atomic E-state index is 12.3. The van der Waals surface area contributed by atoms with Crippen molar-refractivity contribution in [3.8, 4) is 0 Å². The zero-order chi connectivity index (χ0) is 14.7. The Morgan fingerprint density at radius 3 is 2.67 bits per heavy atom. The summed E-state index contributed by atoms with van der Waals surface area (Å²) in [6.07, 6.45) is 3.21. The summed E-state index contributed by atoms with van der Waals surface area (Å²) in [5, 5.41) is 0.398. The van der Waals surface area contributed by atoms with Crippen LogP contribution in [0.5, 0.6) is 0 Å². The summed E-state index contributed by atoms with van der Waals surface area (Å²) in [5.41, 5.74) is 0.582. The lowest BCUT2D eigenvalue weighted by atomic mass is 10.2. The normalized spacial score (nSPS) is 16.1. The smallest absolute Gasteiger partial charge is 0.255 e. The highest BCUT2D eigenvalue weighted by Crippen LogP contribution is 2.12. The van der Waals surface area contributed by atoms with E-state index in [0.29, 0.717) is 23.8 Å². The molecule has 1 saturated heterocycles. The van der Waals surface area contributed by atoms with E-state index in [1.165, 1.54) is 6.20 Å². The van der Waals surface area contributed by atoms with Crippen molar-refractivity contribution in [1.29, 1.82) is 0 Å². The molecule has 1 fully saturated rings. The van der Waals surface area contributed by atoms with E-state index < -0.39 is 0 Å². The molecule has 0 radical (unpaired) electrons. The Kier molecular flexibility index (Phi) is 4.22. The van der Waals surface area contributed by atoms with E-state index in [9.17, 15) is 4.79 Å². The second kappa shape index (κ2) is 6.28. The Morgan fingerprint density at radius 1 is 1.24 bits per heavy atom. The summed E-state index contributed by atoms with van der Waals surface area (Å²) in [5.74, 6) is 0.966. The number of hydrogen-bond acceptors (Lipinski definition) is 4. The molecule has 0 spiro atoms. The average molecular weight is 306 g/mol. The largest absolute Gasteiger partial charge is 0.468 e. The molecule has 1 aliphatic rings. The van der Waals surface area contributed by atoms with Gasteiger partial charge in [-0.05, 0) is 24.3 Å². The number of piperazine rings is 1. The van der Waals surface area contributed by atoms with Crippen LogP contribution in [0.3, 0.4) is 0 Å². The first-order chi connectivity index (χ1) is 10.2. The molecule has 21 heavy (non-hydrogen) atoms. The number of hydrogen-bond donors (Lipinski definition) is 0. The van der Waals surface area contributed by atoms with Gasteiger partial charge in [-0.25, -0.2) is 4.98 Å². The van der Waals surface area contributed by atoms with Gasteiger partial charge in [-0.2, -0.15) is 0 Å². The van der Waals surface area contributed by atoms with Gasteiger partial charge in [0, 0.05) is 32.4 Å². The number of rotatable bonds is 3. The zero-order valence-electron chi connectivity index (χ0n) is 11.5. The molecule has 0 atom stereocenters. The number of halogens is 1. The molecule has 1 amide bonds. The van der Waals surface area contributed by atoms with E-state index in [1.54, 1.807) is 18.4 Å². The third-order valence-electron chi connectivity index (χ3n) is 3.59. The van der Waals surface area contributed by atoms with Gasteiger partial charge in [0.15, 0.2) is 0 Å². The molecule has 0 aliphatic carbocycles. The summed E-state index contributed by atoms with van der Waals surface area (Å²) < 4.78 is 5.35. The van der Waals surface area contributed by atoms with Gasteiger partial charge in [-0.15, -0.1) is 0 Å². The third-order valence-corrected chi connectivity index (χ3v) is 3.82. The van der Waals surface area contributed by atoms with Crippen molar-refractivity contribution in [2.45, 2.75) is 6.54 Å². The van der Waals surface area contributed by atoms with E-state index in [2.05, 4.69) is 9.88 Å². The SMILES string of the molecule is O=C(c1ccc(Cl)nc1)N1CCN(Cc2ccco2)CC1. The van der Waals surface area contributed by atoms with E-state index in [-0.39, 0.29) is 5.91 Å². The first-order valence-corrected chi connectivity index (χ1v) is 7.26. The lowest BCUT2D eigenvalue weighted by Crippen LogP contribution is -2.48. The van der Waals surface area contributed by atoms with Crippen molar-refractivity contribution in [2.24, 2.45) is 0 Å². The van der Waals surface area contributed by atoms with Crippen molar-refractivity contribution < 1.29 is 9.21 Å². The lowest BCUT2D eigenvalue weighted by molar-refractivity contribution is 0.0620. The molecule has 0 unspecified atom stereocenters. The van der Waals surface area contributed by atoms with Gasteiger partial charge in [-0.3, -0.25) is 9.69 Å². The highest BCUT2D eigenvalue weighted by Gasteiger charge is 2.22. The van der Waals surface area contributed by atoms with Crippen LogP contribution in [-0.2, 0) is 6.54 Å². The van der Waals surface area contributed by atoms with Crippen LogP contribution < -0.4 is 0 Å². The van der Waals surface area contributed by atoms with Crippen LogP contribution in [0.15, 0.2) is 41.1 Å². The predicted octanol–water partition coefficient (Wildman–Crippen LogP) is 2.29. The molecule has 5 nitrogen and oxygen atoms in total. The summed E-state index contributed by atoms with van der Waals surface area (Å²) in [7, 11) is 0. The van der Waals surface area contributed by atoms with Crippen LogP contribution in [0.1, 0.15) is 16.1 Å². The number of furan rings is 1. The Morgan fingerprint density at radius 2 is 2.05 bits per heavy atom. The fourth-order valence-electron chi connectivity index (χ4n) is 2.42. The van der Waals surface area contributed by atoms with Gasteiger partial charge < -0.3 is 9.32 Å². The van der Waals surface area contributed by atoms with Crippen LogP contribution in [0.2, 0.25) is 5.15 Å². The zero-order valence-corrected chi connectivity index (χ0v) is 12.3. The van der Waals surface area contributed by atoms with Crippen molar-refractivity contribution in [1.82, 2.24) is 14.8 Å². The molecule has 1 aliphatic heterocycles. The Labute approximate surface area is 128 Å². The minimum atomic E-state index is 0.0109. The van der Waals surface area contributed by atoms with E-state index in [4.69, 9.17) is 16.0 Å². The minimum absolute atomic E-state index is 0.0109. The van der Waals surface area contributed by atoms with Gasteiger partial charge in [0.25, 0.3) is 5.91 Å². The molecular formula is C15H16ClN3O2. The first kappa shape index (κ1) is 14.1. The second-order valence-electron chi connectivity index (χ2n) is 5.02. The molecule has 2 aromatic heterocycles. The minimum Gasteiger partial charge on any atom is -0.468 e. The van der Waals surface area contributed by atoms with Gasteiger partial charge in [-0.1, -0.05) is 11.6 Å². The molecule has 3 rings (SSSR count). The van der Waals surface area contributed by atoms with Gasteiger partial charge in [0.1, 0.15) is 10.9 Å². The third kappa shape index (κ3) is 3.43. The van der Waals surface area contributed by atoms with E-state index >= 15 is 0 Å². The molecule has 110 valence electrons. The van der Waals surface area contributed by atoms with E-state index in [1.807, 2.05) is 17.0 Å². The molecule has 2 aromatic rings. The Bertz CT molecular complexity index is 590. The fourth-order valence-corrected chi connectivity index (χ4v) is 2.53. The van der Waals surface area contributed by atoms with Crippen LogP contribution >= 0.6 is 11.6 Å². The highest BCUT2D eigenvalue weighted by molar-refractivity contribution is 6.29. The maximum absolute atomic E-state index is 12.3. The van der Waals surface area contributed by atoms with Gasteiger partial charge >= 0.3 is 0 Å². The first-order valence-electron chi connectivity index (χ1n) is 6.88. The molecular weight excluding hydrogens is 290 g/mol. The van der Waals surface area contributed by atoms with Crippen LogP contribution in [-0.4, -0.2) is 46.9 Å². The number of pyridine rings is 1. The van der Waals surface area contributed by atoms with Crippen molar-refractivity contribution in [3.63, 3.8) is 0 Å². The fraction of sp³-hybridized carbons (Fsp3) is 0.333. The Hall–Kier alpha value is -1.85. The molecule has 3 heterocycles. The van der Waals surface area contributed by atoms with Crippen molar-refractivity contribution >= 4 is 17.5 Å². The number of carbonyl (C=O) groups is 1. The molecule has 6 heteroatoms. The molecule has 0 bridgehead atoms. The van der Waals surface area contributed by atoms with Crippen LogP contribution in [0.25, 0.3) is 0 Å². The topological polar surface area (TPSA) is 49.6 Å². The maximum Gasteiger partial charge on any atom is 0.255 e. The lowest BCUT2D eigenvalue weighted by Gasteiger charge is -2.34.